The van der Waals surface area contributed by atoms with E-state index >= 15 is 0 Å². The summed E-state index contributed by atoms with van der Waals surface area (Å²) in [6.45, 7) is 5.37. The van der Waals surface area contributed by atoms with Crippen LogP contribution in [0.25, 0.3) is 22.0 Å². The zero-order valence-corrected chi connectivity index (χ0v) is 20.2. The first kappa shape index (κ1) is 23.8. The van der Waals surface area contributed by atoms with Crippen molar-refractivity contribution in [2.75, 3.05) is 25.1 Å². The summed E-state index contributed by atoms with van der Waals surface area (Å²) in [7, 11) is 1.18. The number of carbonyl (C=O) groups excluding carboxylic acids is 1. The third kappa shape index (κ3) is 4.38. The van der Waals surface area contributed by atoms with Crippen molar-refractivity contribution in [1.82, 2.24) is 20.1 Å². The van der Waals surface area contributed by atoms with Crippen molar-refractivity contribution in [1.29, 1.82) is 0 Å². The first-order valence-corrected chi connectivity index (χ1v) is 11.8. The summed E-state index contributed by atoms with van der Waals surface area (Å²) in [5.41, 5.74) is 1.11. The summed E-state index contributed by atoms with van der Waals surface area (Å²) < 4.78 is 39.4. The maximum Gasteiger partial charge on any atom is 0.340 e. The Bertz CT molecular complexity index is 1430. The Morgan fingerprint density at radius 3 is 2.58 bits per heavy atom. The molecule has 0 saturated carbocycles. The van der Waals surface area contributed by atoms with Crippen LogP contribution in [0.5, 0.6) is 0 Å². The summed E-state index contributed by atoms with van der Waals surface area (Å²) in [4.78, 5) is 27.2. The highest BCUT2D eigenvalue weighted by Gasteiger charge is 2.27. The topological polar surface area (TPSA) is 94.2 Å². The molecule has 36 heavy (non-hydrogen) atoms. The minimum absolute atomic E-state index is 0.174. The number of anilines is 1. The number of halogens is 2. The van der Waals surface area contributed by atoms with Crippen LogP contribution in [0.15, 0.2) is 41.2 Å². The number of ether oxygens (including phenoxy) is 1. The fourth-order valence-electron chi connectivity index (χ4n) is 4.55. The first-order valence-electron chi connectivity index (χ1n) is 11.8. The van der Waals surface area contributed by atoms with Crippen molar-refractivity contribution in [2.24, 2.45) is 0 Å². The lowest BCUT2D eigenvalue weighted by Crippen LogP contribution is -2.34. The molecule has 186 valence electrons. The van der Waals surface area contributed by atoms with E-state index in [4.69, 9.17) is 4.52 Å². The van der Waals surface area contributed by atoms with Crippen LogP contribution < -0.4 is 4.90 Å². The minimum atomic E-state index is -0.780. The van der Waals surface area contributed by atoms with Gasteiger partial charge in [0.1, 0.15) is 23.8 Å². The molecule has 0 N–H and O–H groups in total. The molecular weight excluding hydrogens is 468 g/mol. The molecule has 0 atom stereocenters. The maximum atomic E-state index is 14.8. The van der Waals surface area contributed by atoms with E-state index in [0.29, 0.717) is 46.8 Å². The number of hydrogen-bond donors (Lipinski definition) is 0. The Hall–Kier alpha value is -3.95. The molecular formula is C26H25F2N5O3. The summed E-state index contributed by atoms with van der Waals surface area (Å²) in [5.74, 6) is 0.287. The van der Waals surface area contributed by atoms with Gasteiger partial charge in [0.25, 0.3) is 0 Å². The Balaban J connectivity index is 1.45. The van der Waals surface area contributed by atoms with Gasteiger partial charge in [-0.25, -0.2) is 23.5 Å². The molecule has 2 aromatic carbocycles. The third-order valence-electron chi connectivity index (χ3n) is 6.48. The van der Waals surface area contributed by atoms with Crippen molar-refractivity contribution >= 4 is 22.7 Å². The highest BCUT2D eigenvalue weighted by atomic mass is 19.1. The van der Waals surface area contributed by atoms with E-state index in [1.165, 1.54) is 37.7 Å². The van der Waals surface area contributed by atoms with Crippen LogP contribution in [0.3, 0.4) is 0 Å². The average Bonchev–Trinajstić information content (AvgIpc) is 3.38. The fourth-order valence-corrected chi connectivity index (χ4v) is 4.55. The molecule has 2 aromatic heterocycles. The van der Waals surface area contributed by atoms with Gasteiger partial charge in [0.05, 0.1) is 18.2 Å². The average molecular weight is 494 g/mol. The number of esters is 1. The lowest BCUT2D eigenvalue weighted by atomic mass is 9.95. The molecule has 0 unspecified atom stereocenters. The van der Waals surface area contributed by atoms with Gasteiger partial charge >= 0.3 is 5.97 Å². The number of fused-ring (bicyclic) bond motifs is 1. The molecule has 8 nitrogen and oxygen atoms in total. The number of piperidine rings is 1. The number of rotatable bonds is 5. The zero-order valence-electron chi connectivity index (χ0n) is 20.2. The van der Waals surface area contributed by atoms with Crippen LogP contribution in [0.2, 0.25) is 0 Å². The number of carbonyl (C=O) groups is 1. The van der Waals surface area contributed by atoms with Gasteiger partial charge in [-0.15, -0.1) is 0 Å². The second-order valence-corrected chi connectivity index (χ2v) is 9.14. The van der Waals surface area contributed by atoms with Gasteiger partial charge in [0, 0.05) is 35.9 Å². The van der Waals surface area contributed by atoms with Gasteiger partial charge in [0.15, 0.2) is 5.82 Å². The smallest absolute Gasteiger partial charge is 0.340 e. The molecule has 0 radical (unpaired) electrons. The molecule has 1 fully saturated rings. The summed E-state index contributed by atoms with van der Waals surface area (Å²) >= 11 is 0. The zero-order chi connectivity index (χ0) is 25.4. The highest BCUT2D eigenvalue weighted by Crippen LogP contribution is 2.36. The van der Waals surface area contributed by atoms with Crippen molar-refractivity contribution < 1.29 is 22.8 Å². The maximum absolute atomic E-state index is 14.8. The Morgan fingerprint density at radius 1 is 1.14 bits per heavy atom. The third-order valence-corrected chi connectivity index (χ3v) is 6.48. The van der Waals surface area contributed by atoms with Gasteiger partial charge in [-0.1, -0.05) is 25.1 Å². The second-order valence-electron chi connectivity index (χ2n) is 9.14. The monoisotopic (exact) mass is 493 g/mol. The SMILES string of the molecule is COC(=O)c1ccc(-c2cc(F)cc3c(N4CCC(c5noc(C(C)C)n5)CC4)ncnc23)cc1F. The van der Waals surface area contributed by atoms with Crippen molar-refractivity contribution in [3.63, 3.8) is 0 Å². The van der Waals surface area contributed by atoms with Crippen molar-refractivity contribution in [3.8, 4) is 11.1 Å². The van der Waals surface area contributed by atoms with Crippen LogP contribution in [0.1, 0.15) is 60.6 Å². The number of nitrogens with zero attached hydrogens (tertiary/aromatic N) is 5. The van der Waals surface area contributed by atoms with Gasteiger partial charge in [0.2, 0.25) is 5.89 Å². The van der Waals surface area contributed by atoms with Gasteiger partial charge < -0.3 is 14.2 Å². The molecule has 5 rings (SSSR count). The van der Waals surface area contributed by atoms with Crippen LogP contribution in [-0.2, 0) is 4.74 Å². The molecule has 3 heterocycles. The Labute approximate surface area is 206 Å². The predicted octanol–water partition coefficient (Wildman–Crippen LogP) is 5.25. The number of hydrogen-bond acceptors (Lipinski definition) is 8. The van der Waals surface area contributed by atoms with E-state index < -0.39 is 17.6 Å². The minimum Gasteiger partial charge on any atom is -0.465 e. The predicted molar refractivity (Wildman–Crippen MR) is 129 cm³/mol. The molecule has 1 saturated heterocycles. The van der Waals surface area contributed by atoms with Gasteiger partial charge in [-0.3, -0.25) is 0 Å². The highest BCUT2D eigenvalue weighted by molar-refractivity contribution is 6.00. The molecule has 0 amide bonds. The number of aromatic nitrogens is 4. The van der Waals surface area contributed by atoms with Crippen molar-refractivity contribution in [3.05, 3.63) is 65.6 Å². The molecule has 0 bridgehead atoms. The van der Waals surface area contributed by atoms with Crippen molar-refractivity contribution in [2.45, 2.75) is 38.5 Å². The van der Waals surface area contributed by atoms with E-state index in [0.717, 1.165) is 18.7 Å². The lowest BCUT2D eigenvalue weighted by molar-refractivity contribution is 0.0595. The fraction of sp³-hybridized carbons (Fsp3) is 0.346. The largest absolute Gasteiger partial charge is 0.465 e. The van der Waals surface area contributed by atoms with E-state index in [2.05, 4.69) is 29.7 Å². The van der Waals surface area contributed by atoms with Crippen LogP contribution in [0, 0.1) is 11.6 Å². The van der Waals surface area contributed by atoms with E-state index in [9.17, 15) is 13.6 Å². The molecule has 0 spiro atoms. The molecule has 0 aliphatic carbocycles. The Kier molecular flexibility index (Phi) is 6.34. The summed E-state index contributed by atoms with van der Waals surface area (Å²) in [6, 6.07) is 6.76. The quantitative estimate of drug-likeness (QED) is 0.348. The summed E-state index contributed by atoms with van der Waals surface area (Å²) in [5, 5.41) is 4.69. The second kappa shape index (κ2) is 9.60. The summed E-state index contributed by atoms with van der Waals surface area (Å²) in [6.07, 6.45) is 3.02. The van der Waals surface area contributed by atoms with Gasteiger partial charge in [-0.05, 0) is 42.7 Å². The van der Waals surface area contributed by atoms with Crippen LogP contribution >= 0.6 is 0 Å². The first-order chi connectivity index (χ1) is 17.4. The van der Waals surface area contributed by atoms with Crippen LogP contribution in [-0.4, -0.2) is 46.3 Å². The number of methoxy groups -OCH3 is 1. The normalized spacial score (nSPS) is 14.6. The number of benzene rings is 2. The molecule has 4 aromatic rings. The lowest BCUT2D eigenvalue weighted by Gasteiger charge is -2.32. The van der Waals surface area contributed by atoms with Gasteiger partial charge in [-0.2, -0.15) is 4.98 Å². The van der Waals surface area contributed by atoms with E-state index in [1.54, 1.807) is 6.07 Å². The Morgan fingerprint density at radius 2 is 1.92 bits per heavy atom. The van der Waals surface area contributed by atoms with Crippen LogP contribution in [0.4, 0.5) is 14.6 Å². The standard InChI is InChI=1S/C26H25F2N5O3/c1-14(2)25-31-23(32-36-25)15-6-8-33(9-7-15)24-20-12-17(27)11-19(22(20)29-13-30-24)16-4-5-18(21(28)10-16)26(34)35-3/h4-5,10-15H,6-9H2,1-3H3. The van der Waals surface area contributed by atoms with E-state index in [-0.39, 0.29) is 17.4 Å². The molecule has 1 aliphatic rings. The van der Waals surface area contributed by atoms with E-state index in [1.807, 2.05) is 13.8 Å². The molecule has 1 aliphatic heterocycles. The molecule has 10 heteroatoms.